The third-order valence-electron chi connectivity index (χ3n) is 3.30. The molecule has 0 amide bonds. The molecule has 76 valence electrons. The van der Waals surface area contributed by atoms with Gasteiger partial charge in [-0.25, -0.2) is 0 Å². The van der Waals surface area contributed by atoms with Crippen LogP contribution in [0.2, 0.25) is 0 Å². The summed E-state index contributed by atoms with van der Waals surface area (Å²) in [5, 5.41) is 0. The van der Waals surface area contributed by atoms with E-state index in [0.29, 0.717) is 18.1 Å². The van der Waals surface area contributed by atoms with Gasteiger partial charge in [0.15, 0.2) is 0 Å². The summed E-state index contributed by atoms with van der Waals surface area (Å²) in [5.74, 6) is 0. The Balaban J connectivity index is 2.39. The van der Waals surface area contributed by atoms with E-state index in [2.05, 4.69) is 25.5 Å². The first kappa shape index (κ1) is 10.7. The molecule has 13 heavy (non-hydrogen) atoms. The van der Waals surface area contributed by atoms with Crippen LogP contribution in [0.15, 0.2) is 12.7 Å². The van der Waals surface area contributed by atoms with Crippen molar-refractivity contribution in [3.63, 3.8) is 0 Å². The maximum atomic E-state index is 5.87. The monoisotopic (exact) mass is 182 g/mol. The standard InChI is InChI=1S/C11H22N2/c1-4-9(2)13(3)11-7-5-10(12)6-8-11/h4,9-11H,1,5-8,12H2,2-3H3. The number of hydrogen-bond donors (Lipinski definition) is 1. The summed E-state index contributed by atoms with van der Waals surface area (Å²) in [6.07, 6.45) is 6.86. The lowest BCUT2D eigenvalue weighted by molar-refractivity contribution is 0.161. The van der Waals surface area contributed by atoms with Crippen LogP contribution in [0.25, 0.3) is 0 Å². The zero-order chi connectivity index (χ0) is 9.84. The second-order valence-corrected chi connectivity index (χ2v) is 4.21. The van der Waals surface area contributed by atoms with Gasteiger partial charge in [-0.05, 0) is 39.7 Å². The highest BCUT2D eigenvalue weighted by Crippen LogP contribution is 2.22. The Bertz CT molecular complexity index is 159. The first-order valence-corrected chi connectivity index (χ1v) is 5.25. The molecule has 2 N–H and O–H groups in total. The Labute approximate surface area is 81.8 Å². The van der Waals surface area contributed by atoms with Crippen LogP contribution in [0.4, 0.5) is 0 Å². The minimum Gasteiger partial charge on any atom is -0.328 e. The molecule has 0 spiro atoms. The maximum absolute atomic E-state index is 5.87. The molecule has 1 aliphatic carbocycles. The zero-order valence-corrected chi connectivity index (χ0v) is 8.87. The molecule has 0 saturated heterocycles. The minimum atomic E-state index is 0.448. The van der Waals surface area contributed by atoms with Gasteiger partial charge in [-0.2, -0.15) is 0 Å². The largest absolute Gasteiger partial charge is 0.328 e. The molecular weight excluding hydrogens is 160 g/mol. The molecule has 1 unspecified atom stereocenters. The van der Waals surface area contributed by atoms with E-state index in [1.807, 2.05) is 6.08 Å². The van der Waals surface area contributed by atoms with Gasteiger partial charge in [-0.1, -0.05) is 6.08 Å². The van der Waals surface area contributed by atoms with Crippen LogP contribution >= 0.6 is 0 Å². The average molecular weight is 182 g/mol. The fourth-order valence-electron chi connectivity index (χ4n) is 2.01. The van der Waals surface area contributed by atoms with Gasteiger partial charge < -0.3 is 5.73 Å². The van der Waals surface area contributed by atoms with Gasteiger partial charge in [0.1, 0.15) is 0 Å². The molecule has 0 bridgehead atoms. The van der Waals surface area contributed by atoms with E-state index in [-0.39, 0.29) is 0 Å². The van der Waals surface area contributed by atoms with Crippen LogP contribution in [0.1, 0.15) is 32.6 Å². The SMILES string of the molecule is C=CC(C)N(C)C1CCC(N)CC1. The lowest BCUT2D eigenvalue weighted by atomic mass is 9.90. The number of nitrogens with zero attached hydrogens (tertiary/aromatic N) is 1. The minimum absolute atomic E-state index is 0.448. The number of nitrogens with two attached hydrogens (primary N) is 1. The Morgan fingerprint density at radius 3 is 2.38 bits per heavy atom. The molecule has 2 nitrogen and oxygen atoms in total. The second kappa shape index (κ2) is 4.77. The molecule has 1 fully saturated rings. The van der Waals surface area contributed by atoms with Crippen LogP contribution in [-0.4, -0.2) is 30.1 Å². The van der Waals surface area contributed by atoms with Crippen molar-refractivity contribution >= 4 is 0 Å². The fraction of sp³-hybridized carbons (Fsp3) is 0.818. The van der Waals surface area contributed by atoms with Crippen LogP contribution in [-0.2, 0) is 0 Å². The highest BCUT2D eigenvalue weighted by atomic mass is 15.1. The van der Waals surface area contributed by atoms with E-state index in [0.717, 1.165) is 0 Å². The quantitative estimate of drug-likeness (QED) is 0.674. The molecule has 0 aromatic heterocycles. The first-order valence-electron chi connectivity index (χ1n) is 5.25. The molecular formula is C11H22N2. The predicted molar refractivity (Wildman–Crippen MR) is 57.7 cm³/mol. The lowest BCUT2D eigenvalue weighted by Crippen LogP contribution is -2.42. The lowest BCUT2D eigenvalue weighted by Gasteiger charge is -2.36. The number of rotatable bonds is 3. The van der Waals surface area contributed by atoms with E-state index >= 15 is 0 Å². The Morgan fingerprint density at radius 1 is 1.38 bits per heavy atom. The molecule has 0 aromatic carbocycles. The van der Waals surface area contributed by atoms with Gasteiger partial charge in [-0.3, -0.25) is 4.90 Å². The van der Waals surface area contributed by atoms with Gasteiger partial charge in [0.25, 0.3) is 0 Å². The molecule has 1 rings (SSSR count). The molecule has 1 saturated carbocycles. The van der Waals surface area contributed by atoms with E-state index in [4.69, 9.17) is 5.73 Å². The summed E-state index contributed by atoms with van der Waals surface area (Å²) >= 11 is 0. The predicted octanol–water partition coefficient (Wildman–Crippen LogP) is 1.76. The van der Waals surface area contributed by atoms with E-state index in [1.54, 1.807) is 0 Å². The van der Waals surface area contributed by atoms with Crippen molar-refractivity contribution in [1.29, 1.82) is 0 Å². The van der Waals surface area contributed by atoms with Crippen molar-refractivity contribution in [2.75, 3.05) is 7.05 Å². The first-order chi connectivity index (χ1) is 6.15. The third kappa shape index (κ3) is 2.82. The third-order valence-corrected chi connectivity index (χ3v) is 3.30. The second-order valence-electron chi connectivity index (χ2n) is 4.21. The Morgan fingerprint density at radius 2 is 1.92 bits per heavy atom. The van der Waals surface area contributed by atoms with E-state index in [9.17, 15) is 0 Å². The van der Waals surface area contributed by atoms with Gasteiger partial charge in [0.2, 0.25) is 0 Å². The van der Waals surface area contributed by atoms with Crippen LogP contribution < -0.4 is 5.73 Å². The maximum Gasteiger partial charge on any atom is 0.0247 e. The van der Waals surface area contributed by atoms with E-state index < -0.39 is 0 Å². The average Bonchev–Trinajstić information content (AvgIpc) is 2.17. The summed E-state index contributed by atoms with van der Waals surface area (Å²) in [5.41, 5.74) is 5.87. The van der Waals surface area contributed by atoms with E-state index in [1.165, 1.54) is 25.7 Å². The summed E-state index contributed by atoms with van der Waals surface area (Å²) in [4.78, 5) is 2.42. The summed E-state index contributed by atoms with van der Waals surface area (Å²) in [6.45, 7) is 6.02. The molecule has 1 aliphatic rings. The summed E-state index contributed by atoms with van der Waals surface area (Å²) in [6, 6.07) is 1.65. The number of likely N-dealkylation sites (N-methyl/N-ethyl adjacent to an activating group) is 1. The van der Waals surface area contributed by atoms with Gasteiger partial charge >= 0.3 is 0 Å². The van der Waals surface area contributed by atoms with Crippen LogP contribution in [0.3, 0.4) is 0 Å². The van der Waals surface area contributed by atoms with Gasteiger partial charge in [0.05, 0.1) is 0 Å². The van der Waals surface area contributed by atoms with Crippen molar-refractivity contribution in [3.8, 4) is 0 Å². The molecule has 2 heteroatoms. The normalized spacial score (nSPS) is 31.7. The van der Waals surface area contributed by atoms with Crippen molar-refractivity contribution in [1.82, 2.24) is 4.90 Å². The van der Waals surface area contributed by atoms with Crippen LogP contribution in [0.5, 0.6) is 0 Å². The van der Waals surface area contributed by atoms with Crippen molar-refractivity contribution in [2.45, 2.75) is 50.7 Å². The summed E-state index contributed by atoms with van der Waals surface area (Å²) in [7, 11) is 2.19. The highest BCUT2D eigenvalue weighted by Gasteiger charge is 2.23. The molecule has 0 aromatic rings. The summed E-state index contributed by atoms with van der Waals surface area (Å²) < 4.78 is 0. The molecule has 0 heterocycles. The van der Waals surface area contributed by atoms with Crippen LogP contribution in [0, 0.1) is 0 Å². The van der Waals surface area contributed by atoms with Crippen molar-refractivity contribution in [3.05, 3.63) is 12.7 Å². The molecule has 0 aliphatic heterocycles. The Hall–Kier alpha value is -0.340. The van der Waals surface area contributed by atoms with Crippen molar-refractivity contribution < 1.29 is 0 Å². The Kier molecular flexibility index (Phi) is 3.94. The molecule has 1 atom stereocenters. The highest BCUT2D eigenvalue weighted by molar-refractivity contribution is 4.88. The molecule has 0 radical (unpaired) electrons. The van der Waals surface area contributed by atoms with Gasteiger partial charge in [-0.15, -0.1) is 6.58 Å². The van der Waals surface area contributed by atoms with Gasteiger partial charge in [0, 0.05) is 18.1 Å². The number of hydrogen-bond acceptors (Lipinski definition) is 2. The fourth-order valence-corrected chi connectivity index (χ4v) is 2.01. The van der Waals surface area contributed by atoms with Crippen molar-refractivity contribution in [2.24, 2.45) is 5.73 Å². The topological polar surface area (TPSA) is 29.3 Å². The zero-order valence-electron chi connectivity index (χ0n) is 8.87. The smallest absolute Gasteiger partial charge is 0.0247 e.